The SMILES string of the molecule is CC1(C)CN(CC(=O)Nc2cccc(F)c2)CCC1N. The van der Waals surface area contributed by atoms with Gasteiger partial charge in [-0.05, 0) is 30.0 Å². The highest BCUT2D eigenvalue weighted by Crippen LogP contribution is 2.27. The van der Waals surface area contributed by atoms with Crippen LogP contribution in [0.15, 0.2) is 24.3 Å². The van der Waals surface area contributed by atoms with Gasteiger partial charge in [0.25, 0.3) is 0 Å². The molecule has 0 aliphatic carbocycles. The first-order valence-corrected chi connectivity index (χ1v) is 6.90. The third kappa shape index (κ3) is 3.77. The molecule has 1 aromatic carbocycles. The predicted molar refractivity (Wildman–Crippen MR) is 77.8 cm³/mol. The van der Waals surface area contributed by atoms with E-state index in [4.69, 9.17) is 5.73 Å². The van der Waals surface area contributed by atoms with Crippen LogP contribution >= 0.6 is 0 Å². The molecular weight excluding hydrogens is 257 g/mol. The Morgan fingerprint density at radius 2 is 2.30 bits per heavy atom. The zero-order valence-corrected chi connectivity index (χ0v) is 12.0. The minimum atomic E-state index is -0.354. The maximum Gasteiger partial charge on any atom is 0.238 e. The Morgan fingerprint density at radius 3 is 2.95 bits per heavy atom. The third-order valence-corrected chi connectivity index (χ3v) is 3.87. The fourth-order valence-electron chi connectivity index (χ4n) is 2.59. The number of carbonyl (C=O) groups is 1. The first-order valence-electron chi connectivity index (χ1n) is 6.90. The van der Waals surface area contributed by atoms with Crippen LogP contribution in [-0.2, 0) is 4.79 Å². The molecule has 1 fully saturated rings. The molecule has 110 valence electrons. The average molecular weight is 279 g/mol. The molecule has 1 aliphatic rings. The molecule has 4 nitrogen and oxygen atoms in total. The molecule has 2 rings (SSSR count). The summed E-state index contributed by atoms with van der Waals surface area (Å²) in [6, 6.07) is 6.09. The van der Waals surface area contributed by atoms with Gasteiger partial charge in [-0.1, -0.05) is 19.9 Å². The monoisotopic (exact) mass is 279 g/mol. The number of likely N-dealkylation sites (tertiary alicyclic amines) is 1. The van der Waals surface area contributed by atoms with Crippen LogP contribution in [0.2, 0.25) is 0 Å². The van der Waals surface area contributed by atoms with Crippen molar-refractivity contribution >= 4 is 11.6 Å². The summed E-state index contributed by atoms with van der Waals surface area (Å²) in [7, 11) is 0. The molecule has 1 aromatic rings. The summed E-state index contributed by atoms with van der Waals surface area (Å²) < 4.78 is 13.0. The van der Waals surface area contributed by atoms with Crippen molar-refractivity contribution in [3.05, 3.63) is 30.1 Å². The van der Waals surface area contributed by atoms with Gasteiger partial charge in [0.1, 0.15) is 5.82 Å². The van der Waals surface area contributed by atoms with E-state index < -0.39 is 0 Å². The summed E-state index contributed by atoms with van der Waals surface area (Å²) >= 11 is 0. The highest BCUT2D eigenvalue weighted by molar-refractivity contribution is 5.92. The minimum absolute atomic E-state index is 0.0113. The Kier molecular flexibility index (Phi) is 4.40. The smallest absolute Gasteiger partial charge is 0.238 e. The van der Waals surface area contributed by atoms with E-state index in [1.54, 1.807) is 12.1 Å². The van der Waals surface area contributed by atoms with Crippen LogP contribution < -0.4 is 11.1 Å². The number of nitrogens with one attached hydrogen (secondary N) is 1. The lowest BCUT2D eigenvalue weighted by atomic mass is 9.80. The van der Waals surface area contributed by atoms with Crippen LogP contribution in [0.3, 0.4) is 0 Å². The van der Waals surface area contributed by atoms with Gasteiger partial charge in [0.05, 0.1) is 6.54 Å². The van der Waals surface area contributed by atoms with E-state index in [2.05, 4.69) is 24.1 Å². The van der Waals surface area contributed by atoms with Crippen LogP contribution in [0.5, 0.6) is 0 Å². The second-order valence-corrected chi connectivity index (χ2v) is 6.15. The number of hydrogen-bond donors (Lipinski definition) is 2. The summed E-state index contributed by atoms with van der Waals surface area (Å²) in [5, 5.41) is 2.72. The Hall–Kier alpha value is -1.46. The van der Waals surface area contributed by atoms with Crippen molar-refractivity contribution < 1.29 is 9.18 Å². The Balaban J connectivity index is 1.89. The van der Waals surface area contributed by atoms with E-state index in [1.807, 2.05) is 0 Å². The van der Waals surface area contributed by atoms with Crippen LogP contribution in [0.25, 0.3) is 0 Å². The maximum atomic E-state index is 13.0. The molecule has 0 aromatic heterocycles. The highest BCUT2D eigenvalue weighted by atomic mass is 19.1. The lowest BCUT2D eigenvalue weighted by molar-refractivity contribution is -0.118. The molecule has 0 bridgehead atoms. The van der Waals surface area contributed by atoms with E-state index >= 15 is 0 Å². The third-order valence-electron chi connectivity index (χ3n) is 3.87. The van der Waals surface area contributed by atoms with Gasteiger partial charge in [-0.15, -0.1) is 0 Å². The van der Waals surface area contributed by atoms with Gasteiger partial charge in [-0.3, -0.25) is 9.69 Å². The van der Waals surface area contributed by atoms with Crippen LogP contribution in [0.4, 0.5) is 10.1 Å². The molecular formula is C15H22FN3O. The van der Waals surface area contributed by atoms with Gasteiger partial charge in [0.2, 0.25) is 5.91 Å². The summed E-state index contributed by atoms with van der Waals surface area (Å²) in [6.07, 6.45) is 0.889. The minimum Gasteiger partial charge on any atom is -0.327 e. The lowest BCUT2D eigenvalue weighted by Crippen LogP contribution is -2.53. The molecule has 1 unspecified atom stereocenters. The summed E-state index contributed by atoms with van der Waals surface area (Å²) in [5.41, 5.74) is 6.58. The zero-order chi connectivity index (χ0) is 14.8. The fraction of sp³-hybridized carbons (Fsp3) is 0.533. The van der Waals surface area contributed by atoms with Crippen LogP contribution in [0, 0.1) is 11.2 Å². The number of halogens is 1. The Morgan fingerprint density at radius 1 is 1.55 bits per heavy atom. The number of carbonyl (C=O) groups excluding carboxylic acids is 1. The number of hydrogen-bond acceptors (Lipinski definition) is 3. The molecule has 1 atom stereocenters. The maximum absolute atomic E-state index is 13.0. The molecule has 0 saturated carbocycles. The number of piperidine rings is 1. The van der Waals surface area contributed by atoms with Crippen LogP contribution in [0.1, 0.15) is 20.3 Å². The molecule has 3 N–H and O–H groups in total. The van der Waals surface area contributed by atoms with E-state index in [1.165, 1.54) is 12.1 Å². The standard InChI is InChI=1S/C15H22FN3O/c1-15(2)10-19(7-6-13(15)17)9-14(20)18-12-5-3-4-11(16)8-12/h3-5,8,13H,6-7,9-10,17H2,1-2H3,(H,18,20). The predicted octanol–water partition coefficient (Wildman–Crippen LogP) is 1.82. The Labute approximate surface area is 119 Å². The van der Waals surface area contributed by atoms with Gasteiger partial charge in [0, 0.05) is 24.8 Å². The largest absolute Gasteiger partial charge is 0.327 e. The zero-order valence-electron chi connectivity index (χ0n) is 12.0. The number of rotatable bonds is 3. The molecule has 0 radical (unpaired) electrons. The van der Waals surface area contributed by atoms with E-state index in [0.717, 1.165) is 19.5 Å². The van der Waals surface area contributed by atoms with Crippen molar-refractivity contribution in [3.63, 3.8) is 0 Å². The molecule has 20 heavy (non-hydrogen) atoms. The topological polar surface area (TPSA) is 58.4 Å². The number of anilines is 1. The number of benzene rings is 1. The molecule has 0 spiro atoms. The van der Waals surface area contributed by atoms with Crippen molar-refractivity contribution in [1.29, 1.82) is 0 Å². The Bertz CT molecular complexity index is 490. The summed E-state index contributed by atoms with van der Waals surface area (Å²) in [6.45, 7) is 6.17. The normalized spacial score (nSPS) is 22.5. The molecule has 1 saturated heterocycles. The highest BCUT2D eigenvalue weighted by Gasteiger charge is 2.33. The van der Waals surface area contributed by atoms with E-state index in [0.29, 0.717) is 12.2 Å². The lowest BCUT2D eigenvalue weighted by Gasteiger charge is -2.42. The van der Waals surface area contributed by atoms with Gasteiger partial charge in [-0.2, -0.15) is 0 Å². The van der Waals surface area contributed by atoms with Gasteiger partial charge in [0.15, 0.2) is 0 Å². The molecule has 1 aliphatic heterocycles. The van der Waals surface area contributed by atoms with Crippen molar-refractivity contribution in [3.8, 4) is 0 Å². The van der Waals surface area contributed by atoms with Gasteiger partial charge >= 0.3 is 0 Å². The van der Waals surface area contributed by atoms with Crippen molar-refractivity contribution in [2.45, 2.75) is 26.3 Å². The average Bonchev–Trinajstić information content (AvgIpc) is 2.33. The summed E-state index contributed by atoms with van der Waals surface area (Å²) in [5.74, 6) is -0.477. The van der Waals surface area contributed by atoms with Gasteiger partial charge < -0.3 is 11.1 Å². The second-order valence-electron chi connectivity index (χ2n) is 6.15. The number of nitrogens with two attached hydrogens (primary N) is 1. The summed E-state index contributed by atoms with van der Waals surface area (Å²) in [4.78, 5) is 14.1. The molecule has 5 heteroatoms. The first kappa shape index (κ1) is 14.9. The number of nitrogens with zero attached hydrogens (tertiary/aromatic N) is 1. The fourth-order valence-corrected chi connectivity index (χ4v) is 2.59. The molecule has 1 heterocycles. The van der Waals surface area contributed by atoms with Crippen molar-refractivity contribution in [2.24, 2.45) is 11.1 Å². The van der Waals surface area contributed by atoms with Crippen LogP contribution in [-0.4, -0.2) is 36.5 Å². The van der Waals surface area contributed by atoms with Gasteiger partial charge in [-0.25, -0.2) is 4.39 Å². The van der Waals surface area contributed by atoms with Crippen molar-refractivity contribution in [2.75, 3.05) is 25.0 Å². The molecule has 1 amide bonds. The van der Waals surface area contributed by atoms with E-state index in [9.17, 15) is 9.18 Å². The first-order chi connectivity index (χ1) is 9.37. The number of amides is 1. The van der Waals surface area contributed by atoms with E-state index in [-0.39, 0.29) is 23.2 Å². The quantitative estimate of drug-likeness (QED) is 0.887. The van der Waals surface area contributed by atoms with Crippen molar-refractivity contribution in [1.82, 2.24) is 4.90 Å². The second kappa shape index (κ2) is 5.89.